The van der Waals surface area contributed by atoms with E-state index >= 15 is 0 Å². The Kier molecular flexibility index (Phi) is 7.19. The number of aliphatic carboxylic acids is 1. The maximum absolute atomic E-state index is 13.6. The van der Waals surface area contributed by atoms with Crippen molar-refractivity contribution in [1.29, 1.82) is 0 Å². The van der Waals surface area contributed by atoms with E-state index in [4.69, 9.17) is 4.74 Å². The maximum atomic E-state index is 13.6. The molecule has 1 aromatic rings. The van der Waals surface area contributed by atoms with Crippen LogP contribution in [0.5, 0.6) is 5.75 Å². The lowest BCUT2D eigenvalue weighted by atomic mass is 9.88. The minimum absolute atomic E-state index is 0.000943. The molecule has 2 N–H and O–H groups in total. The van der Waals surface area contributed by atoms with Crippen LogP contribution in [0.4, 0.5) is 4.39 Å². The van der Waals surface area contributed by atoms with Crippen LogP contribution >= 0.6 is 0 Å². The van der Waals surface area contributed by atoms with Crippen molar-refractivity contribution in [3.8, 4) is 5.75 Å². The minimum atomic E-state index is -1.04. The first kappa shape index (κ1) is 19.9. The molecule has 24 heavy (non-hydrogen) atoms. The summed E-state index contributed by atoms with van der Waals surface area (Å²) in [4.78, 5) is 23.2. The average Bonchev–Trinajstić information content (AvgIpc) is 2.48. The molecule has 1 rings (SSSR count). The molecule has 0 aromatic heterocycles. The number of carboxylic acids is 1. The molecule has 0 spiro atoms. The van der Waals surface area contributed by atoms with Crippen molar-refractivity contribution >= 4 is 11.9 Å². The SMILES string of the molecule is COc1ccc(CCC(=O)NC(CCC(C)(C)C)C(=O)O)cc1F. The van der Waals surface area contributed by atoms with Crippen molar-refractivity contribution in [3.63, 3.8) is 0 Å². The predicted molar refractivity (Wildman–Crippen MR) is 89.5 cm³/mol. The summed E-state index contributed by atoms with van der Waals surface area (Å²) in [6.07, 6.45) is 1.50. The van der Waals surface area contributed by atoms with Gasteiger partial charge in [-0.3, -0.25) is 4.79 Å². The first-order chi connectivity index (χ1) is 11.1. The molecular formula is C18H26FNO4. The van der Waals surface area contributed by atoms with Gasteiger partial charge in [0.25, 0.3) is 0 Å². The monoisotopic (exact) mass is 339 g/mol. The zero-order valence-electron chi connectivity index (χ0n) is 14.7. The van der Waals surface area contributed by atoms with Gasteiger partial charge in [0.15, 0.2) is 11.6 Å². The van der Waals surface area contributed by atoms with E-state index in [2.05, 4.69) is 5.32 Å². The number of carbonyl (C=O) groups is 2. The van der Waals surface area contributed by atoms with E-state index in [-0.39, 0.29) is 23.5 Å². The van der Waals surface area contributed by atoms with Crippen molar-refractivity contribution in [2.75, 3.05) is 7.11 Å². The van der Waals surface area contributed by atoms with Gasteiger partial charge in [0.2, 0.25) is 5.91 Å². The number of aryl methyl sites for hydroxylation is 1. The van der Waals surface area contributed by atoms with E-state index in [9.17, 15) is 19.1 Å². The van der Waals surface area contributed by atoms with Crippen LogP contribution in [0.2, 0.25) is 0 Å². The van der Waals surface area contributed by atoms with E-state index in [0.29, 0.717) is 24.8 Å². The first-order valence-electron chi connectivity index (χ1n) is 7.97. The second kappa shape index (κ2) is 8.66. The molecule has 0 aliphatic heterocycles. The first-order valence-corrected chi connectivity index (χ1v) is 7.97. The number of benzene rings is 1. The lowest BCUT2D eigenvalue weighted by molar-refractivity contribution is -0.142. The highest BCUT2D eigenvalue weighted by molar-refractivity contribution is 5.83. The number of halogens is 1. The zero-order valence-corrected chi connectivity index (χ0v) is 14.7. The van der Waals surface area contributed by atoms with Crippen molar-refractivity contribution in [1.82, 2.24) is 5.32 Å². The number of rotatable bonds is 8. The quantitative estimate of drug-likeness (QED) is 0.763. The van der Waals surface area contributed by atoms with E-state index < -0.39 is 17.8 Å². The molecule has 1 amide bonds. The molecule has 0 radical (unpaired) electrons. The van der Waals surface area contributed by atoms with Gasteiger partial charge in [-0.1, -0.05) is 26.8 Å². The van der Waals surface area contributed by atoms with E-state index in [1.165, 1.54) is 19.2 Å². The topological polar surface area (TPSA) is 75.6 Å². The van der Waals surface area contributed by atoms with Gasteiger partial charge in [-0.2, -0.15) is 0 Å². The molecule has 0 fully saturated rings. The van der Waals surface area contributed by atoms with Crippen LogP contribution in [-0.4, -0.2) is 30.1 Å². The van der Waals surface area contributed by atoms with Crippen LogP contribution in [0.3, 0.4) is 0 Å². The average molecular weight is 339 g/mol. The van der Waals surface area contributed by atoms with Crippen LogP contribution in [0.25, 0.3) is 0 Å². The largest absolute Gasteiger partial charge is 0.494 e. The van der Waals surface area contributed by atoms with Gasteiger partial charge in [0.1, 0.15) is 6.04 Å². The number of nitrogens with one attached hydrogen (secondary N) is 1. The highest BCUT2D eigenvalue weighted by Crippen LogP contribution is 2.22. The summed E-state index contributed by atoms with van der Waals surface area (Å²) >= 11 is 0. The number of ether oxygens (including phenoxy) is 1. The Morgan fingerprint density at radius 2 is 2.00 bits per heavy atom. The summed E-state index contributed by atoms with van der Waals surface area (Å²) in [5.74, 6) is -1.73. The second-order valence-corrected chi connectivity index (χ2v) is 7.03. The van der Waals surface area contributed by atoms with Crippen LogP contribution in [0.1, 0.15) is 45.6 Å². The number of carbonyl (C=O) groups excluding carboxylic acids is 1. The van der Waals surface area contributed by atoms with Gasteiger partial charge in [-0.05, 0) is 42.4 Å². The number of carboxylic acid groups (broad SMARTS) is 1. The second-order valence-electron chi connectivity index (χ2n) is 7.03. The Hall–Kier alpha value is -2.11. The molecule has 6 heteroatoms. The summed E-state index contributed by atoms with van der Waals surface area (Å²) < 4.78 is 18.4. The van der Waals surface area contributed by atoms with E-state index in [1.807, 2.05) is 20.8 Å². The third kappa shape index (κ3) is 6.98. The minimum Gasteiger partial charge on any atom is -0.494 e. The van der Waals surface area contributed by atoms with Gasteiger partial charge >= 0.3 is 5.97 Å². The van der Waals surface area contributed by atoms with Crippen molar-refractivity contribution < 1.29 is 23.8 Å². The summed E-state index contributed by atoms with van der Waals surface area (Å²) in [6, 6.07) is 3.61. The van der Waals surface area contributed by atoms with E-state index in [1.54, 1.807) is 6.07 Å². The Bertz CT molecular complexity index is 581. The smallest absolute Gasteiger partial charge is 0.326 e. The van der Waals surface area contributed by atoms with Crippen LogP contribution in [-0.2, 0) is 16.0 Å². The molecule has 1 atom stereocenters. The fourth-order valence-electron chi connectivity index (χ4n) is 2.22. The van der Waals surface area contributed by atoms with Crippen LogP contribution in [0.15, 0.2) is 18.2 Å². The molecule has 1 aromatic carbocycles. The molecule has 0 aliphatic rings. The molecule has 0 bridgehead atoms. The molecule has 0 saturated heterocycles. The Labute approximate surface area is 142 Å². The highest BCUT2D eigenvalue weighted by atomic mass is 19.1. The van der Waals surface area contributed by atoms with Gasteiger partial charge in [0, 0.05) is 6.42 Å². The molecule has 134 valence electrons. The van der Waals surface area contributed by atoms with Crippen molar-refractivity contribution in [2.45, 2.75) is 52.5 Å². The third-order valence-electron chi connectivity index (χ3n) is 3.67. The van der Waals surface area contributed by atoms with Crippen LogP contribution in [0, 0.1) is 11.2 Å². The number of methoxy groups -OCH3 is 1. The fraction of sp³-hybridized carbons (Fsp3) is 0.556. The normalized spacial score (nSPS) is 12.5. The van der Waals surface area contributed by atoms with Crippen molar-refractivity contribution in [3.05, 3.63) is 29.6 Å². The fourth-order valence-corrected chi connectivity index (χ4v) is 2.22. The summed E-state index contributed by atoms with van der Waals surface area (Å²) in [5, 5.41) is 11.8. The third-order valence-corrected chi connectivity index (χ3v) is 3.67. The number of hydrogen-bond donors (Lipinski definition) is 2. The van der Waals surface area contributed by atoms with Gasteiger partial charge < -0.3 is 15.2 Å². The van der Waals surface area contributed by atoms with Crippen LogP contribution < -0.4 is 10.1 Å². The summed E-state index contributed by atoms with van der Waals surface area (Å²) in [6.45, 7) is 6.06. The zero-order chi connectivity index (χ0) is 18.3. The molecular weight excluding hydrogens is 313 g/mol. The molecule has 5 nitrogen and oxygen atoms in total. The number of amides is 1. The molecule has 1 unspecified atom stereocenters. The Morgan fingerprint density at radius 3 is 2.50 bits per heavy atom. The lowest BCUT2D eigenvalue weighted by Crippen LogP contribution is -2.41. The van der Waals surface area contributed by atoms with Gasteiger partial charge in [-0.15, -0.1) is 0 Å². The Balaban J connectivity index is 2.54. The molecule has 0 aliphatic carbocycles. The van der Waals surface area contributed by atoms with Gasteiger partial charge in [0.05, 0.1) is 7.11 Å². The lowest BCUT2D eigenvalue weighted by Gasteiger charge is -2.21. The van der Waals surface area contributed by atoms with Crippen molar-refractivity contribution in [2.24, 2.45) is 5.41 Å². The highest BCUT2D eigenvalue weighted by Gasteiger charge is 2.22. The summed E-state index contributed by atoms with van der Waals surface area (Å²) in [5.41, 5.74) is 0.656. The Morgan fingerprint density at radius 1 is 1.33 bits per heavy atom. The predicted octanol–water partition coefficient (Wildman–Crippen LogP) is 3.16. The van der Waals surface area contributed by atoms with Gasteiger partial charge in [-0.25, -0.2) is 9.18 Å². The van der Waals surface area contributed by atoms with E-state index in [0.717, 1.165) is 0 Å². The summed E-state index contributed by atoms with van der Waals surface area (Å²) in [7, 11) is 1.38. The molecule has 0 heterocycles. The standard InChI is InChI=1S/C18H26FNO4/c1-18(2,3)10-9-14(17(22)23)20-16(21)8-6-12-5-7-15(24-4)13(19)11-12/h5,7,11,14H,6,8-10H2,1-4H3,(H,20,21)(H,22,23). The molecule has 0 saturated carbocycles. The number of hydrogen-bond acceptors (Lipinski definition) is 3. The maximum Gasteiger partial charge on any atom is 0.326 e.